The summed E-state index contributed by atoms with van der Waals surface area (Å²) in [6.07, 6.45) is 3.55. The number of benzene rings is 2. The normalized spacial score (nSPS) is 14.7. The Morgan fingerprint density at radius 2 is 2.03 bits per heavy atom. The molecule has 1 aliphatic rings. The number of aliphatic hydroxyl groups is 1. The van der Waals surface area contributed by atoms with Gasteiger partial charge in [-0.05, 0) is 41.8 Å². The first-order valence-corrected chi connectivity index (χ1v) is 9.90. The van der Waals surface area contributed by atoms with Crippen molar-refractivity contribution in [1.82, 2.24) is 20.0 Å². The van der Waals surface area contributed by atoms with Crippen LogP contribution in [-0.4, -0.2) is 51.6 Å². The molecule has 2 aromatic carbocycles. The van der Waals surface area contributed by atoms with E-state index in [0.29, 0.717) is 17.9 Å². The maximum absolute atomic E-state index is 13.7. The molecule has 0 fully saturated rings. The number of amides is 2. The quantitative estimate of drug-likeness (QED) is 0.584. The van der Waals surface area contributed by atoms with Crippen LogP contribution in [0.1, 0.15) is 11.1 Å². The zero-order valence-corrected chi connectivity index (χ0v) is 16.5. The van der Waals surface area contributed by atoms with Crippen molar-refractivity contribution in [1.29, 1.82) is 0 Å². The lowest BCUT2D eigenvalue weighted by molar-refractivity contribution is 0.106. The summed E-state index contributed by atoms with van der Waals surface area (Å²) in [6.45, 7) is 2.22. The van der Waals surface area contributed by atoms with Crippen molar-refractivity contribution in [3.05, 3.63) is 77.9 Å². The Hall–Kier alpha value is -3.23. The Kier molecular flexibility index (Phi) is 6.06. The van der Waals surface area contributed by atoms with E-state index >= 15 is 0 Å². The van der Waals surface area contributed by atoms with E-state index in [1.165, 1.54) is 27.9 Å². The summed E-state index contributed by atoms with van der Waals surface area (Å²) < 4.78 is 15.2. The highest BCUT2D eigenvalue weighted by Gasteiger charge is 2.19. The van der Waals surface area contributed by atoms with Crippen LogP contribution in [0.25, 0.3) is 5.69 Å². The summed E-state index contributed by atoms with van der Waals surface area (Å²) in [5, 5.41) is 19.8. The number of anilines is 1. The number of rotatable bonds is 6. The van der Waals surface area contributed by atoms with Crippen molar-refractivity contribution < 1.29 is 14.3 Å². The average molecular weight is 409 g/mol. The van der Waals surface area contributed by atoms with E-state index in [1.54, 1.807) is 24.5 Å². The van der Waals surface area contributed by atoms with Gasteiger partial charge < -0.3 is 15.7 Å². The van der Waals surface area contributed by atoms with E-state index in [0.717, 1.165) is 19.5 Å². The van der Waals surface area contributed by atoms with Gasteiger partial charge in [0, 0.05) is 38.6 Å². The fourth-order valence-electron chi connectivity index (χ4n) is 3.67. The van der Waals surface area contributed by atoms with Crippen LogP contribution in [0.2, 0.25) is 0 Å². The van der Waals surface area contributed by atoms with Gasteiger partial charge in [0.1, 0.15) is 5.82 Å². The number of nitrogens with one attached hydrogen (secondary N) is 2. The Bertz CT molecular complexity index is 1010. The molecule has 1 unspecified atom stereocenters. The third-order valence-electron chi connectivity index (χ3n) is 5.13. The van der Waals surface area contributed by atoms with Crippen molar-refractivity contribution in [2.45, 2.75) is 19.1 Å². The van der Waals surface area contributed by atoms with E-state index in [2.05, 4.69) is 32.8 Å². The highest BCUT2D eigenvalue weighted by atomic mass is 19.1. The highest BCUT2D eigenvalue weighted by Crippen LogP contribution is 2.21. The number of halogens is 1. The van der Waals surface area contributed by atoms with E-state index in [9.17, 15) is 14.3 Å². The molecule has 0 radical (unpaired) electrons. The largest absolute Gasteiger partial charge is 0.390 e. The number of carbonyl (C=O) groups is 1. The predicted octanol–water partition coefficient (Wildman–Crippen LogP) is 2.55. The summed E-state index contributed by atoms with van der Waals surface area (Å²) in [6, 6.07) is 13.6. The Morgan fingerprint density at radius 1 is 1.20 bits per heavy atom. The second kappa shape index (κ2) is 9.06. The van der Waals surface area contributed by atoms with Gasteiger partial charge in [0.2, 0.25) is 0 Å². The number of hydrogen-bond donors (Lipinski definition) is 3. The molecule has 1 aromatic heterocycles. The topological polar surface area (TPSA) is 82.4 Å². The summed E-state index contributed by atoms with van der Waals surface area (Å²) in [7, 11) is 0. The van der Waals surface area contributed by atoms with Gasteiger partial charge in [-0.3, -0.25) is 4.90 Å². The molecule has 3 aromatic rings. The highest BCUT2D eigenvalue weighted by molar-refractivity contribution is 5.91. The van der Waals surface area contributed by atoms with Crippen molar-refractivity contribution in [3.8, 4) is 5.69 Å². The van der Waals surface area contributed by atoms with Gasteiger partial charge in [0.15, 0.2) is 0 Å². The number of aromatic nitrogens is 2. The zero-order chi connectivity index (χ0) is 20.9. The van der Waals surface area contributed by atoms with Crippen LogP contribution in [0, 0.1) is 5.82 Å². The monoisotopic (exact) mass is 409 g/mol. The van der Waals surface area contributed by atoms with Gasteiger partial charge in [-0.1, -0.05) is 24.3 Å². The minimum atomic E-state index is -0.709. The Labute approximate surface area is 174 Å². The molecule has 0 saturated carbocycles. The Morgan fingerprint density at radius 3 is 2.83 bits per heavy atom. The molecule has 4 rings (SSSR count). The van der Waals surface area contributed by atoms with Crippen LogP contribution in [0.5, 0.6) is 0 Å². The smallest absolute Gasteiger partial charge is 0.319 e. The van der Waals surface area contributed by atoms with E-state index in [-0.39, 0.29) is 6.54 Å². The van der Waals surface area contributed by atoms with Gasteiger partial charge in [-0.2, -0.15) is 5.10 Å². The van der Waals surface area contributed by atoms with E-state index in [1.807, 2.05) is 12.1 Å². The molecule has 30 heavy (non-hydrogen) atoms. The molecule has 0 bridgehead atoms. The number of urea groups is 1. The molecule has 2 heterocycles. The van der Waals surface area contributed by atoms with E-state index < -0.39 is 18.0 Å². The van der Waals surface area contributed by atoms with Gasteiger partial charge in [0.25, 0.3) is 0 Å². The lowest BCUT2D eigenvalue weighted by Gasteiger charge is -2.30. The number of aliphatic hydroxyl groups excluding tert-OH is 1. The van der Waals surface area contributed by atoms with Crippen molar-refractivity contribution >= 4 is 11.7 Å². The standard InChI is InChI=1S/C22H24FN5O2/c23-18-6-7-21(28-10-3-9-25-28)20(12-18)26-22(30)24-13-19(29)15-27-11-8-16-4-1-2-5-17(16)14-27/h1-7,9-10,12,19,29H,8,11,13-15H2,(H2,24,26,30). The van der Waals surface area contributed by atoms with Gasteiger partial charge >= 0.3 is 6.03 Å². The van der Waals surface area contributed by atoms with Crippen LogP contribution in [-0.2, 0) is 13.0 Å². The van der Waals surface area contributed by atoms with Gasteiger partial charge in [-0.15, -0.1) is 0 Å². The molecule has 0 aliphatic carbocycles. The SMILES string of the molecule is O=C(NCC(O)CN1CCc2ccccc2C1)Nc1cc(F)ccc1-n1cccn1. The second-order valence-electron chi connectivity index (χ2n) is 7.35. The number of β-amino-alcohol motifs (C(OH)–C–C–N with tert-alkyl or cyclic N) is 1. The minimum Gasteiger partial charge on any atom is -0.390 e. The van der Waals surface area contributed by atoms with E-state index in [4.69, 9.17) is 0 Å². The van der Waals surface area contributed by atoms with Gasteiger partial charge in [-0.25, -0.2) is 13.9 Å². The van der Waals surface area contributed by atoms with Crippen LogP contribution in [0.4, 0.5) is 14.9 Å². The fourth-order valence-corrected chi connectivity index (χ4v) is 3.67. The maximum atomic E-state index is 13.7. The third kappa shape index (κ3) is 4.84. The molecule has 0 spiro atoms. The summed E-state index contributed by atoms with van der Waals surface area (Å²) >= 11 is 0. The summed E-state index contributed by atoms with van der Waals surface area (Å²) in [4.78, 5) is 14.5. The molecule has 3 N–H and O–H groups in total. The summed E-state index contributed by atoms with van der Waals surface area (Å²) in [5.74, 6) is -0.466. The Balaban J connectivity index is 1.30. The number of nitrogens with zero attached hydrogens (tertiary/aromatic N) is 3. The lowest BCUT2D eigenvalue weighted by atomic mass is 10.00. The number of hydrogen-bond acceptors (Lipinski definition) is 4. The molecular formula is C22H24FN5O2. The molecule has 1 atom stereocenters. The fraction of sp³-hybridized carbons (Fsp3) is 0.273. The predicted molar refractivity (Wildman–Crippen MR) is 112 cm³/mol. The molecule has 8 heteroatoms. The van der Waals surface area contributed by atoms with Crippen LogP contribution in [0.15, 0.2) is 60.9 Å². The lowest BCUT2D eigenvalue weighted by Crippen LogP contribution is -2.43. The van der Waals surface area contributed by atoms with Crippen molar-refractivity contribution in [2.75, 3.05) is 25.0 Å². The maximum Gasteiger partial charge on any atom is 0.319 e. The minimum absolute atomic E-state index is 0.0936. The van der Waals surface area contributed by atoms with Crippen molar-refractivity contribution in [3.63, 3.8) is 0 Å². The molecule has 7 nitrogen and oxygen atoms in total. The molecule has 156 valence electrons. The number of carbonyl (C=O) groups excluding carboxylic acids is 1. The van der Waals surface area contributed by atoms with Gasteiger partial charge in [0.05, 0.1) is 17.5 Å². The van der Waals surface area contributed by atoms with Crippen molar-refractivity contribution in [2.24, 2.45) is 0 Å². The second-order valence-corrected chi connectivity index (χ2v) is 7.35. The first-order chi connectivity index (χ1) is 14.6. The molecular weight excluding hydrogens is 385 g/mol. The third-order valence-corrected chi connectivity index (χ3v) is 5.13. The first-order valence-electron chi connectivity index (χ1n) is 9.90. The van der Waals surface area contributed by atoms with Crippen LogP contribution < -0.4 is 10.6 Å². The summed E-state index contributed by atoms with van der Waals surface area (Å²) in [5.41, 5.74) is 3.46. The molecule has 0 saturated heterocycles. The molecule has 1 aliphatic heterocycles. The molecule has 2 amide bonds. The first kappa shape index (κ1) is 20.1. The average Bonchev–Trinajstić information content (AvgIpc) is 3.27. The van der Waals surface area contributed by atoms with Crippen LogP contribution >= 0.6 is 0 Å². The zero-order valence-electron chi connectivity index (χ0n) is 16.5. The van der Waals surface area contributed by atoms with Crippen LogP contribution in [0.3, 0.4) is 0 Å². The number of fused-ring (bicyclic) bond motifs is 1.